The quantitative estimate of drug-likeness (QED) is 0.249. The van der Waals surface area contributed by atoms with Gasteiger partial charge in [0.1, 0.15) is 0 Å². The SMILES string of the molecule is CCCCOP(=O)(Cc1ccc([N+](=O)[O-])cc1)OCCCC. The molecule has 1 aromatic rings. The molecule has 0 atom stereocenters. The zero-order chi connectivity index (χ0) is 16.4. The summed E-state index contributed by atoms with van der Waals surface area (Å²) < 4.78 is 23.8. The Morgan fingerprint density at radius 2 is 1.55 bits per heavy atom. The van der Waals surface area contributed by atoms with Gasteiger partial charge in [0.05, 0.1) is 24.3 Å². The Morgan fingerprint density at radius 3 is 1.95 bits per heavy atom. The van der Waals surface area contributed by atoms with Gasteiger partial charge in [-0.2, -0.15) is 0 Å². The van der Waals surface area contributed by atoms with Gasteiger partial charge >= 0.3 is 7.60 Å². The van der Waals surface area contributed by atoms with Crippen molar-refractivity contribution < 1.29 is 18.5 Å². The van der Waals surface area contributed by atoms with Crippen LogP contribution >= 0.6 is 7.60 Å². The highest BCUT2D eigenvalue weighted by atomic mass is 31.2. The van der Waals surface area contributed by atoms with E-state index in [2.05, 4.69) is 0 Å². The number of hydrogen-bond donors (Lipinski definition) is 0. The monoisotopic (exact) mass is 329 g/mol. The lowest BCUT2D eigenvalue weighted by Gasteiger charge is -2.18. The van der Waals surface area contributed by atoms with Gasteiger partial charge in [-0.3, -0.25) is 14.7 Å². The maximum absolute atomic E-state index is 12.8. The van der Waals surface area contributed by atoms with Crippen LogP contribution in [0.25, 0.3) is 0 Å². The van der Waals surface area contributed by atoms with E-state index in [-0.39, 0.29) is 11.8 Å². The molecule has 0 saturated heterocycles. The summed E-state index contributed by atoms with van der Waals surface area (Å²) in [6, 6.07) is 5.99. The molecule has 0 N–H and O–H groups in total. The third-order valence-electron chi connectivity index (χ3n) is 3.10. The first-order valence-electron chi connectivity index (χ1n) is 7.62. The van der Waals surface area contributed by atoms with Gasteiger partial charge in [0.25, 0.3) is 5.69 Å². The van der Waals surface area contributed by atoms with Crippen LogP contribution in [0.2, 0.25) is 0 Å². The van der Waals surface area contributed by atoms with Gasteiger partial charge < -0.3 is 9.05 Å². The van der Waals surface area contributed by atoms with Crippen molar-refractivity contribution in [1.82, 2.24) is 0 Å². The van der Waals surface area contributed by atoms with Gasteiger partial charge in [-0.1, -0.05) is 38.8 Å². The Labute approximate surface area is 131 Å². The van der Waals surface area contributed by atoms with E-state index in [9.17, 15) is 14.7 Å². The van der Waals surface area contributed by atoms with Gasteiger partial charge in [0, 0.05) is 12.1 Å². The first-order valence-corrected chi connectivity index (χ1v) is 9.35. The molecule has 0 amide bonds. The molecule has 0 heterocycles. The van der Waals surface area contributed by atoms with Gasteiger partial charge in [0.15, 0.2) is 0 Å². The van der Waals surface area contributed by atoms with E-state index in [4.69, 9.17) is 9.05 Å². The van der Waals surface area contributed by atoms with Gasteiger partial charge in [-0.05, 0) is 18.4 Å². The maximum Gasteiger partial charge on any atom is 0.335 e. The molecule has 0 unspecified atom stereocenters. The minimum atomic E-state index is -3.21. The third-order valence-corrected chi connectivity index (χ3v) is 5.00. The largest absolute Gasteiger partial charge is 0.335 e. The van der Waals surface area contributed by atoms with E-state index >= 15 is 0 Å². The Hall–Kier alpha value is -1.23. The number of hydrogen-bond acceptors (Lipinski definition) is 5. The van der Waals surface area contributed by atoms with E-state index in [0.29, 0.717) is 18.8 Å². The second-order valence-corrected chi connectivity index (χ2v) is 7.12. The van der Waals surface area contributed by atoms with E-state index in [1.54, 1.807) is 12.1 Å². The Balaban J connectivity index is 2.73. The van der Waals surface area contributed by atoms with Crippen LogP contribution < -0.4 is 0 Å². The standard InChI is InChI=1S/C15H24NO5P/c1-3-5-11-20-22(19,21-12-6-4-2)13-14-7-9-15(10-8-14)16(17)18/h7-10H,3-6,11-13H2,1-2H3. The van der Waals surface area contributed by atoms with Crippen molar-refractivity contribution >= 4 is 13.3 Å². The number of nitrogens with zero attached hydrogens (tertiary/aromatic N) is 1. The molecule has 1 rings (SSSR count). The topological polar surface area (TPSA) is 78.7 Å². The molecule has 6 nitrogen and oxygen atoms in total. The van der Waals surface area contributed by atoms with E-state index in [1.807, 2.05) is 13.8 Å². The number of rotatable bonds is 11. The van der Waals surface area contributed by atoms with Gasteiger partial charge in [0.2, 0.25) is 0 Å². The Morgan fingerprint density at radius 1 is 1.05 bits per heavy atom. The van der Waals surface area contributed by atoms with Crippen LogP contribution in [0.15, 0.2) is 24.3 Å². The van der Waals surface area contributed by atoms with Crippen molar-refractivity contribution in [1.29, 1.82) is 0 Å². The fourth-order valence-corrected chi connectivity index (χ4v) is 3.50. The van der Waals surface area contributed by atoms with Gasteiger partial charge in [-0.25, -0.2) is 0 Å². The molecular formula is C15H24NO5P. The summed E-state index contributed by atoms with van der Waals surface area (Å²) in [7, 11) is -3.21. The maximum atomic E-state index is 12.8. The van der Waals surface area contributed by atoms with E-state index in [1.165, 1.54) is 12.1 Å². The number of benzene rings is 1. The van der Waals surface area contributed by atoms with Crippen molar-refractivity contribution in [3.05, 3.63) is 39.9 Å². The van der Waals surface area contributed by atoms with Crippen molar-refractivity contribution in [2.75, 3.05) is 13.2 Å². The lowest BCUT2D eigenvalue weighted by molar-refractivity contribution is -0.384. The molecule has 0 aromatic heterocycles. The minimum absolute atomic E-state index is 0.0115. The normalized spacial score (nSPS) is 11.5. The van der Waals surface area contributed by atoms with Crippen LogP contribution in [0.4, 0.5) is 5.69 Å². The highest BCUT2D eigenvalue weighted by Gasteiger charge is 2.25. The summed E-state index contributed by atoms with van der Waals surface area (Å²) in [4.78, 5) is 10.2. The fraction of sp³-hybridized carbons (Fsp3) is 0.600. The van der Waals surface area contributed by atoms with E-state index < -0.39 is 12.5 Å². The number of nitro groups is 1. The zero-order valence-corrected chi connectivity index (χ0v) is 14.1. The number of non-ortho nitro benzene ring substituents is 1. The summed E-state index contributed by atoms with van der Waals surface area (Å²) in [5.74, 6) is 0. The summed E-state index contributed by atoms with van der Waals surface area (Å²) >= 11 is 0. The molecule has 7 heteroatoms. The number of nitro benzene ring substituents is 1. The average Bonchev–Trinajstić information content (AvgIpc) is 2.48. The fourth-order valence-electron chi connectivity index (χ4n) is 1.77. The van der Waals surface area contributed by atoms with Crippen molar-refractivity contribution in [3.63, 3.8) is 0 Å². The summed E-state index contributed by atoms with van der Waals surface area (Å²) in [6.45, 7) is 4.85. The molecule has 0 aliphatic carbocycles. The molecule has 124 valence electrons. The molecule has 1 aromatic carbocycles. The molecule has 22 heavy (non-hydrogen) atoms. The number of unbranched alkanes of at least 4 members (excludes halogenated alkanes) is 2. The van der Waals surface area contributed by atoms with Crippen LogP contribution in [-0.4, -0.2) is 18.1 Å². The highest BCUT2D eigenvalue weighted by Crippen LogP contribution is 2.51. The van der Waals surface area contributed by atoms with Crippen molar-refractivity contribution in [2.24, 2.45) is 0 Å². The predicted molar refractivity (Wildman–Crippen MR) is 86.1 cm³/mol. The van der Waals surface area contributed by atoms with Crippen molar-refractivity contribution in [2.45, 2.75) is 45.7 Å². The van der Waals surface area contributed by atoms with Crippen LogP contribution in [0, 0.1) is 10.1 Å². The van der Waals surface area contributed by atoms with Gasteiger partial charge in [-0.15, -0.1) is 0 Å². The van der Waals surface area contributed by atoms with Crippen LogP contribution in [0.5, 0.6) is 0 Å². The molecule has 0 saturated carbocycles. The lowest BCUT2D eigenvalue weighted by atomic mass is 10.2. The molecule has 0 aliphatic heterocycles. The molecule has 0 bridgehead atoms. The molecule has 0 aliphatic rings. The molecule has 0 radical (unpaired) electrons. The third kappa shape index (κ3) is 6.69. The summed E-state index contributed by atoms with van der Waals surface area (Å²) in [5, 5.41) is 10.6. The van der Waals surface area contributed by atoms with Crippen LogP contribution in [0.3, 0.4) is 0 Å². The summed E-state index contributed by atoms with van der Waals surface area (Å²) in [5.41, 5.74) is 0.722. The lowest BCUT2D eigenvalue weighted by Crippen LogP contribution is -2.02. The first kappa shape index (κ1) is 18.8. The van der Waals surface area contributed by atoms with Crippen LogP contribution in [0.1, 0.15) is 45.1 Å². The molecule has 0 spiro atoms. The second-order valence-electron chi connectivity index (χ2n) is 5.07. The smallest absolute Gasteiger partial charge is 0.308 e. The minimum Gasteiger partial charge on any atom is -0.308 e. The van der Waals surface area contributed by atoms with Crippen molar-refractivity contribution in [3.8, 4) is 0 Å². The first-order chi connectivity index (χ1) is 10.5. The molecular weight excluding hydrogens is 305 g/mol. The summed E-state index contributed by atoms with van der Waals surface area (Å²) in [6.07, 6.45) is 3.68. The highest BCUT2D eigenvalue weighted by molar-refractivity contribution is 7.53. The molecule has 0 fully saturated rings. The second kappa shape index (κ2) is 9.72. The average molecular weight is 329 g/mol. The van der Waals surface area contributed by atoms with E-state index in [0.717, 1.165) is 25.7 Å². The van der Waals surface area contributed by atoms with Crippen LogP contribution in [-0.2, 0) is 19.8 Å². The zero-order valence-electron chi connectivity index (χ0n) is 13.2. The predicted octanol–water partition coefficient (Wildman–Crippen LogP) is 4.92. The Kier molecular flexibility index (Phi) is 8.31. The Bertz CT molecular complexity index is 489.